The van der Waals surface area contributed by atoms with Crippen LogP contribution in [0.4, 0.5) is 0 Å². The molecule has 0 radical (unpaired) electrons. The number of hydrogen-bond acceptors (Lipinski definition) is 4. The monoisotopic (exact) mass is 265 g/mol. The standard InChI is InChI=1S/C14H19NO4/c1-19-14-4-2-3-7-15(14)13(18)9-10-5-6-11(16)12(17)8-10/h5-6,8,14,16-17H,2-4,7,9H2,1H3. The number of aromatic hydroxyl groups is 2. The van der Waals surface area contributed by atoms with Crippen molar-refractivity contribution in [2.45, 2.75) is 31.9 Å². The fraction of sp³-hybridized carbons (Fsp3) is 0.500. The second-order valence-electron chi connectivity index (χ2n) is 4.77. The number of methoxy groups -OCH3 is 1. The Morgan fingerprint density at radius 2 is 2.16 bits per heavy atom. The molecule has 0 saturated carbocycles. The number of likely N-dealkylation sites (tertiary alicyclic amines) is 1. The van der Waals surface area contributed by atoms with Gasteiger partial charge in [0, 0.05) is 13.7 Å². The summed E-state index contributed by atoms with van der Waals surface area (Å²) in [6.45, 7) is 0.710. The van der Waals surface area contributed by atoms with Gasteiger partial charge in [0.2, 0.25) is 5.91 Å². The second-order valence-corrected chi connectivity index (χ2v) is 4.77. The fourth-order valence-corrected chi connectivity index (χ4v) is 2.39. The Hall–Kier alpha value is -1.75. The van der Waals surface area contributed by atoms with Gasteiger partial charge in [-0.2, -0.15) is 0 Å². The lowest BCUT2D eigenvalue weighted by Gasteiger charge is -2.34. The summed E-state index contributed by atoms with van der Waals surface area (Å²) < 4.78 is 5.32. The normalized spacial score (nSPS) is 19.4. The van der Waals surface area contributed by atoms with Crippen molar-refractivity contribution < 1.29 is 19.7 Å². The maximum Gasteiger partial charge on any atom is 0.229 e. The molecule has 1 aliphatic heterocycles. The molecular formula is C14H19NO4. The third kappa shape index (κ3) is 3.17. The van der Waals surface area contributed by atoms with Crippen molar-refractivity contribution in [1.29, 1.82) is 0 Å². The zero-order valence-electron chi connectivity index (χ0n) is 11.0. The van der Waals surface area contributed by atoms with Crippen LogP contribution in [0.1, 0.15) is 24.8 Å². The smallest absolute Gasteiger partial charge is 0.229 e. The Balaban J connectivity index is 2.05. The number of carbonyl (C=O) groups is 1. The number of nitrogens with zero attached hydrogens (tertiary/aromatic N) is 1. The van der Waals surface area contributed by atoms with E-state index in [1.807, 2.05) is 0 Å². The van der Waals surface area contributed by atoms with Crippen molar-refractivity contribution in [1.82, 2.24) is 4.90 Å². The molecule has 1 unspecified atom stereocenters. The molecule has 2 rings (SSSR count). The van der Waals surface area contributed by atoms with Crippen LogP contribution < -0.4 is 0 Å². The SMILES string of the molecule is COC1CCCCN1C(=O)Cc1ccc(O)c(O)c1. The van der Waals surface area contributed by atoms with Gasteiger partial charge < -0.3 is 19.8 Å². The van der Waals surface area contributed by atoms with Crippen molar-refractivity contribution in [3.8, 4) is 11.5 Å². The van der Waals surface area contributed by atoms with E-state index in [2.05, 4.69) is 0 Å². The molecule has 2 N–H and O–H groups in total. The Kier molecular flexibility index (Phi) is 4.27. The van der Waals surface area contributed by atoms with Gasteiger partial charge >= 0.3 is 0 Å². The summed E-state index contributed by atoms with van der Waals surface area (Å²) in [4.78, 5) is 14.0. The molecule has 5 heteroatoms. The summed E-state index contributed by atoms with van der Waals surface area (Å²) in [6, 6.07) is 4.44. The van der Waals surface area contributed by atoms with Crippen molar-refractivity contribution in [2.75, 3.05) is 13.7 Å². The molecule has 0 aliphatic carbocycles. The van der Waals surface area contributed by atoms with Crippen LogP contribution in [0.3, 0.4) is 0 Å². The van der Waals surface area contributed by atoms with Gasteiger partial charge in [-0.05, 0) is 37.0 Å². The van der Waals surface area contributed by atoms with Gasteiger partial charge in [0.05, 0.1) is 6.42 Å². The number of phenols is 2. The number of carbonyl (C=O) groups excluding carboxylic acids is 1. The number of rotatable bonds is 3. The maximum atomic E-state index is 12.2. The first-order valence-corrected chi connectivity index (χ1v) is 6.45. The average molecular weight is 265 g/mol. The minimum Gasteiger partial charge on any atom is -0.504 e. The highest BCUT2D eigenvalue weighted by Gasteiger charge is 2.26. The molecule has 1 aromatic carbocycles. The van der Waals surface area contributed by atoms with Crippen LogP contribution in [0.2, 0.25) is 0 Å². The average Bonchev–Trinajstić information content (AvgIpc) is 2.43. The first-order valence-electron chi connectivity index (χ1n) is 6.45. The van der Waals surface area contributed by atoms with E-state index in [1.165, 1.54) is 12.1 Å². The van der Waals surface area contributed by atoms with Crippen LogP contribution in [-0.4, -0.2) is 40.9 Å². The van der Waals surface area contributed by atoms with Crippen LogP contribution in [0.5, 0.6) is 11.5 Å². The third-order valence-electron chi connectivity index (χ3n) is 3.44. The first kappa shape index (κ1) is 13.7. The topological polar surface area (TPSA) is 70.0 Å². The molecule has 0 spiro atoms. The van der Waals surface area contributed by atoms with Gasteiger partial charge in [0.25, 0.3) is 0 Å². The first-order chi connectivity index (χ1) is 9.11. The van der Waals surface area contributed by atoms with E-state index in [4.69, 9.17) is 4.74 Å². The third-order valence-corrected chi connectivity index (χ3v) is 3.44. The summed E-state index contributed by atoms with van der Waals surface area (Å²) in [5, 5.41) is 18.7. The maximum absolute atomic E-state index is 12.2. The predicted molar refractivity (Wildman–Crippen MR) is 69.8 cm³/mol. The number of benzene rings is 1. The van der Waals surface area contributed by atoms with E-state index in [0.717, 1.165) is 19.3 Å². The highest BCUT2D eigenvalue weighted by Crippen LogP contribution is 2.26. The Morgan fingerprint density at radius 3 is 2.84 bits per heavy atom. The fourth-order valence-electron chi connectivity index (χ4n) is 2.39. The molecule has 19 heavy (non-hydrogen) atoms. The quantitative estimate of drug-likeness (QED) is 0.815. The van der Waals surface area contributed by atoms with Gasteiger partial charge in [0.15, 0.2) is 11.5 Å². The zero-order valence-corrected chi connectivity index (χ0v) is 11.0. The summed E-state index contributed by atoms with van der Waals surface area (Å²) in [5.74, 6) is -0.396. The van der Waals surface area contributed by atoms with E-state index in [0.29, 0.717) is 12.1 Å². The van der Waals surface area contributed by atoms with Crippen molar-refractivity contribution >= 4 is 5.91 Å². The van der Waals surface area contributed by atoms with Crippen LogP contribution in [0, 0.1) is 0 Å². The van der Waals surface area contributed by atoms with Crippen LogP contribution in [0.15, 0.2) is 18.2 Å². The lowest BCUT2D eigenvalue weighted by Crippen LogP contribution is -2.45. The summed E-state index contributed by atoms with van der Waals surface area (Å²) in [5.41, 5.74) is 0.681. The lowest BCUT2D eigenvalue weighted by atomic mass is 10.1. The van der Waals surface area contributed by atoms with Crippen molar-refractivity contribution in [3.05, 3.63) is 23.8 Å². The molecule has 1 aromatic rings. The summed E-state index contributed by atoms with van der Waals surface area (Å²) >= 11 is 0. The second kappa shape index (κ2) is 5.93. The molecule has 104 valence electrons. The highest BCUT2D eigenvalue weighted by molar-refractivity contribution is 5.79. The lowest BCUT2D eigenvalue weighted by molar-refractivity contribution is -0.146. The number of hydrogen-bond donors (Lipinski definition) is 2. The van der Waals surface area contributed by atoms with E-state index in [1.54, 1.807) is 18.1 Å². The van der Waals surface area contributed by atoms with Crippen molar-refractivity contribution in [3.63, 3.8) is 0 Å². The number of piperidine rings is 1. The van der Waals surface area contributed by atoms with E-state index < -0.39 is 0 Å². The van der Waals surface area contributed by atoms with Crippen LogP contribution >= 0.6 is 0 Å². The zero-order chi connectivity index (χ0) is 13.8. The molecule has 1 aliphatic rings. The largest absolute Gasteiger partial charge is 0.504 e. The van der Waals surface area contributed by atoms with E-state index in [-0.39, 0.29) is 30.1 Å². The molecule has 5 nitrogen and oxygen atoms in total. The predicted octanol–water partition coefficient (Wildman–Crippen LogP) is 1.63. The molecule has 1 atom stereocenters. The van der Waals surface area contributed by atoms with Gasteiger partial charge in [-0.3, -0.25) is 4.79 Å². The molecule has 1 heterocycles. The molecule has 0 aromatic heterocycles. The number of ether oxygens (including phenoxy) is 1. The minimum absolute atomic E-state index is 0.0170. The van der Waals surface area contributed by atoms with Crippen LogP contribution in [0.25, 0.3) is 0 Å². The van der Waals surface area contributed by atoms with E-state index in [9.17, 15) is 15.0 Å². The van der Waals surface area contributed by atoms with Crippen LogP contribution in [-0.2, 0) is 16.0 Å². The summed E-state index contributed by atoms with van der Waals surface area (Å²) in [7, 11) is 1.61. The molecule has 1 fully saturated rings. The van der Waals surface area contributed by atoms with Gasteiger partial charge in [0.1, 0.15) is 6.23 Å². The summed E-state index contributed by atoms with van der Waals surface area (Å²) in [6.07, 6.45) is 2.98. The van der Waals surface area contributed by atoms with Crippen molar-refractivity contribution in [2.24, 2.45) is 0 Å². The minimum atomic E-state index is -0.202. The molecule has 1 saturated heterocycles. The Bertz CT molecular complexity index is 461. The highest BCUT2D eigenvalue weighted by atomic mass is 16.5. The van der Waals surface area contributed by atoms with Gasteiger partial charge in [-0.15, -0.1) is 0 Å². The number of phenolic OH excluding ortho intramolecular Hbond substituents is 2. The molecule has 1 amide bonds. The van der Waals surface area contributed by atoms with E-state index >= 15 is 0 Å². The van der Waals surface area contributed by atoms with Gasteiger partial charge in [-0.1, -0.05) is 6.07 Å². The Labute approximate surface area is 112 Å². The number of amides is 1. The molecular weight excluding hydrogens is 246 g/mol. The molecule has 0 bridgehead atoms. The van der Waals surface area contributed by atoms with Gasteiger partial charge in [-0.25, -0.2) is 0 Å². The Morgan fingerprint density at radius 1 is 1.37 bits per heavy atom.